The summed E-state index contributed by atoms with van der Waals surface area (Å²) in [5.41, 5.74) is 0. The van der Waals surface area contributed by atoms with E-state index in [2.05, 4.69) is 25.4 Å². The Hall–Kier alpha value is -0.340. The van der Waals surface area contributed by atoms with Gasteiger partial charge in [0, 0.05) is 11.4 Å². The molecular formula is C7H15BrN2O4S. The molecule has 0 aliphatic carbocycles. The van der Waals surface area contributed by atoms with Gasteiger partial charge in [-0.25, -0.2) is 9.52 Å². The minimum atomic E-state index is -3.85. The van der Waals surface area contributed by atoms with E-state index in [1.54, 1.807) is 4.72 Å². The number of hydrogen-bond donors (Lipinski definition) is 2. The summed E-state index contributed by atoms with van der Waals surface area (Å²) in [6.07, 6.45) is -1.01. The van der Waals surface area contributed by atoms with Gasteiger partial charge >= 0.3 is 16.3 Å². The van der Waals surface area contributed by atoms with Gasteiger partial charge in [0.25, 0.3) is 0 Å². The van der Waals surface area contributed by atoms with E-state index in [0.717, 1.165) is 7.11 Å². The first-order valence-corrected chi connectivity index (χ1v) is 6.86. The monoisotopic (exact) mass is 302 g/mol. The van der Waals surface area contributed by atoms with Crippen molar-refractivity contribution in [2.45, 2.75) is 19.9 Å². The van der Waals surface area contributed by atoms with E-state index in [9.17, 15) is 13.2 Å². The molecule has 0 saturated carbocycles. The van der Waals surface area contributed by atoms with Crippen LogP contribution in [0.1, 0.15) is 13.8 Å². The van der Waals surface area contributed by atoms with Crippen molar-refractivity contribution in [3.63, 3.8) is 0 Å². The van der Waals surface area contributed by atoms with Crippen LogP contribution in [0, 0.1) is 5.92 Å². The van der Waals surface area contributed by atoms with Gasteiger partial charge in [0.15, 0.2) is 0 Å². The lowest BCUT2D eigenvalue weighted by molar-refractivity contribution is 0.177. The predicted octanol–water partition coefficient (Wildman–Crippen LogP) is 0.596. The van der Waals surface area contributed by atoms with Crippen LogP contribution >= 0.6 is 15.9 Å². The molecule has 0 aliphatic rings. The second-order valence-corrected chi connectivity index (χ2v) is 5.31. The molecule has 0 saturated heterocycles. The Balaban J connectivity index is 4.42. The van der Waals surface area contributed by atoms with E-state index in [1.165, 1.54) is 0 Å². The zero-order valence-electron chi connectivity index (χ0n) is 8.78. The van der Waals surface area contributed by atoms with Crippen LogP contribution in [0.3, 0.4) is 0 Å². The number of ether oxygens (including phenoxy) is 1. The highest BCUT2D eigenvalue weighted by molar-refractivity contribution is 9.09. The molecule has 15 heavy (non-hydrogen) atoms. The molecule has 6 nitrogen and oxygen atoms in total. The van der Waals surface area contributed by atoms with Crippen molar-refractivity contribution >= 4 is 32.2 Å². The van der Waals surface area contributed by atoms with Crippen molar-refractivity contribution in [3.8, 4) is 0 Å². The molecule has 0 aromatic rings. The summed E-state index contributed by atoms with van der Waals surface area (Å²) in [4.78, 5) is 10.7. The van der Waals surface area contributed by atoms with E-state index >= 15 is 0 Å². The van der Waals surface area contributed by atoms with Gasteiger partial charge in [0.2, 0.25) is 0 Å². The Morgan fingerprint density at radius 3 is 2.33 bits per heavy atom. The molecule has 0 radical (unpaired) electrons. The Bertz CT molecular complexity index is 304. The van der Waals surface area contributed by atoms with Crippen LogP contribution in [0.5, 0.6) is 0 Å². The van der Waals surface area contributed by atoms with E-state index in [-0.39, 0.29) is 12.0 Å². The fourth-order valence-electron chi connectivity index (χ4n) is 0.726. The van der Waals surface area contributed by atoms with Crippen molar-refractivity contribution < 1.29 is 17.9 Å². The maximum Gasteiger partial charge on any atom is 0.421 e. The van der Waals surface area contributed by atoms with Crippen LogP contribution < -0.4 is 9.44 Å². The van der Waals surface area contributed by atoms with Crippen LogP contribution in [0.2, 0.25) is 0 Å². The van der Waals surface area contributed by atoms with Crippen LogP contribution in [0.4, 0.5) is 4.79 Å². The largest absolute Gasteiger partial charge is 0.452 e. The van der Waals surface area contributed by atoms with Crippen molar-refractivity contribution in [1.82, 2.24) is 9.44 Å². The first-order valence-electron chi connectivity index (χ1n) is 4.26. The Morgan fingerprint density at radius 1 is 1.47 bits per heavy atom. The molecule has 0 heterocycles. The highest BCUT2D eigenvalue weighted by atomic mass is 79.9. The lowest BCUT2D eigenvalue weighted by atomic mass is 10.1. The first-order chi connectivity index (χ1) is 6.82. The van der Waals surface area contributed by atoms with E-state index < -0.39 is 16.3 Å². The first kappa shape index (κ1) is 14.7. The minimum Gasteiger partial charge on any atom is -0.452 e. The Labute approximate surface area is 98.1 Å². The van der Waals surface area contributed by atoms with Crippen molar-refractivity contribution in [2.24, 2.45) is 5.92 Å². The highest BCUT2D eigenvalue weighted by Crippen LogP contribution is 2.05. The molecule has 0 aromatic heterocycles. The Kier molecular flexibility index (Phi) is 6.15. The topological polar surface area (TPSA) is 84.5 Å². The fourth-order valence-corrected chi connectivity index (χ4v) is 2.97. The number of amides is 1. The molecular weight excluding hydrogens is 288 g/mol. The maximum absolute atomic E-state index is 11.3. The molecule has 0 aliphatic heterocycles. The van der Waals surface area contributed by atoms with Crippen LogP contribution in [0.25, 0.3) is 0 Å². The summed E-state index contributed by atoms with van der Waals surface area (Å²) >= 11 is 3.18. The van der Waals surface area contributed by atoms with Gasteiger partial charge in [0.1, 0.15) is 0 Å². The van der Waals surface area contributed by atoms with Gasteiger partial charge in [0.05, 0.1) is 7.11 Å². The molecule has 0 bridgehead atoms. The number of alkyl halides is 1. The van der Waals surface area contributed by atoms with Crippen molar-refractivity contribution in [3.05, 3.63) is 0 Å². The lowest BCUT2D eigenvalue weighted by Gasteiger charge is -2.19. The van der Waals surface area contributed by atoms with E-state index in [1.807, 2.05) is 13.8 Å². The van der Waals surface area contributed by atoms with Crippen LogP contribution in [-0.2, 0) is 14.9 Å². The van der Waals surface area contributed by atoms with Crippen molar-refractivity contribution in [1.29, 1.82) is 0 Å². The molecule has 8 heteroatoms. The summed E-state index contributed by atoms with van der Waals surface area (Å²) in [6.45, 7) is 3.74. The third kappa shape index (κ3) is 5.95. The van der Waals surface area contributed by atoms with Gasteiger partial charge in [-0.15, -0.1) is 0 Å². The number of rotatable bonds is 5. The fraction of sp³-hybridized carbons (Fsp3) is 0.857. The number of methoxy groups -OCH3 is 1. The second-order valence-electron chi connectivity index (χ2n) is 3.22. The molecule has 0 fully saturated rings. The highest BCUT2D eigenvalue weighted by Gasteiger charge is 2.21. The van der Waals surface area contributed by atoms with E-state index in [0.29, 0.717) is 5.33 Å². The average molecular weight is 303 g/mol. The summed E-state index contributed by atoms with van der Waals surface area (Å²) in [5.74, 6) is 0.110. The van der Waals surface area contributed by atoms with Gasteiger partial charge in [-0.1, -0.05) is 29.8 Å². The lowest BCUT2D eigenvalue weighted by Crippen LogP contribution is -2.47. The van der Waals surface area contributed by atoms with Crippen LogP contribution in [-0.4, -0.2) is 33.0 Å². The molecule has 90 valence electrons. The Morgan fingerprint density at radius 2 is 2.00 bits per heavy atom. The summed E-state index contributed by atoms with van der Waals surface area (Å²) in [5, 5.41) is 0.465. The predicted molar refractivity (Wildman–Crippen MR) is 60.0 cm³/mol. The summed E-state index contributed by atoms with van der Waals surface area (Å²) in [6, 6.07) is -0.285. The second kappa shape index (κ2) is 6.29. The molecule has 1 amide bonds. The summed E-state index contributed by atoms with van der Waals surface area (Å²) in [7, 11) is -2.76. The quantitative estimate of drug-likeness (QED) is 0.728. The average Bonchev–Trinajstić information content (AvgIpc) is 2.13. The minimum absolute atomic E-state index is 0.110. The number of nitrogens with one attached hydrogen (secondary N) is 2. The third-order valence-corrected chi connectivity index (χ3v) is 3.43. The number of carbonyl (C=O) groups excluding carboxylic acids is 1. The molecule has 1 unspecified atom stereocenters. The standard InChI is InChI=1S/C7H15BrN2O4S/c1-5(2)6(4-8)9-15(12,13)10-7(11)14-3/h5-6,9H,4H2,1-3H3,(H,10,11). The molecule has 0 spiro atoms. The number of halogens is 1. The van der Waals surface area contributed by atoms with Crippen molar-refractivity contribution in [2.75, 3.05) is 12.4 Å². The smallest absolute Gasteiger partial charge is 0.421 e. The summed E-state index contributed by atoms with van der Waals surface area (Å²) < 4.78 is 30.9. The van der Waals surface area contributed by atoms with Gasteiger partial charge in [-0.2, -0.15) is 13.1 Å². The van der Waals surface area contributed by atoms with E-state index in [4.69, 9.17) is 0 Å². The molecule has 0 rings (SSSR count). The zero-order chi connectivity index (χ0) is 12.1. The SMILES string of the molecule is COC(=O)NS(=O)(=O)NC(CBr)C(C)C. The number of carbonyl (C=O) groups is 1. The van der Waals surface area contributed by atoms with Gasteiger partial charge < -0.3 is 4.74 Å². The zero-order valence-corrected chi connectivity index (χ0v) is 11.2. The maximum atomic E-state index is 11.3. The normalized spacial score (nSPS) is 13.7. The van der Waals surface area contributed by atoms with Gasteiger partial charge in [-0.05, 0) is 5.92 Å². The van der Waals surface area contributed by atoms with Gasteiger partial charge in [-0.3, -0.25) is 0 Å². The molecule has 1 atom stereocenters. The third-order valence-electron chi connectivity index (χ3n) is 1.68. The van der Waals surface area contributed by atoms with Crippen LogP contribution in [0.15, 0.2) is 0 Å². The molecule has 0 aromatic carbocycles. The number of hydrogen-bond acceptors (Lipinski definition) is 4. The molecule has 2 N–H and O–H groups in total.